The monoisotopic (exact) mass is 276 g/mol. The van der Waals surface area contributed by atoms with E-state index in [9.17, 15) is 4.79 Å². The molecule has 0 radical (unpaired) electrons. The van der Waals surface area contributed by atoms with E-state index in [2.05, 4.69) is 24.5 Å². The minimum Gasteiger partial charge on any atom is -0.352 e. The summed E-state index contributed by atoms with van der Waals surface area (Å²) in [6, 6.07) is 0.371. The summed E-state index contributed by atoms with van der Waals surface area (Å²) in [6.07, 6.45) is 10.1. The molecule has 4 bridgehead atoms. The smallest absolute Gasteiger partial charge is 0.220 e. The molecule has 2 N–H and O–H groups in total. The van der Waals surface area contributed by atoms with Gasteiger partial charge in [0, 0.05) is 24.5 Å². The maximum atomic E-state index is 11.3. The molecule has 0 aromatic rings. The van der Waals surface area contributed by atoms with Gasteiger partial charge < -0.3 is 10.6 Å². The second kappa shape index (κ2) is 4.00. The first kappa shape index (κ1) is 13.1. The van der Waals surface area contributed by atoms with Gasteiger partial charge in [0.2, 0.25) is 5.91 Å². The van der Waals surface area contributed by atoms with Crippen LogP contribution in [0.15, 0.2) is 0 Å². The van der Waals surface area contributed by atoms with Gasteiger partial charge in [-0.25, -0.2) is 0 Å². The highest BCUT2D eigenvalue weighted by atomic mass is 16.1. The molecule has 1 aliphatic heterocycles. The minimum atomic E-state index is 0.237. The summed E-state index contributed by atoms with van der Waals surface area (Å²) in [5, 5.41) is 7.03. The van der Waals surface area contributed by atoms with Crippen LogP contribution < -0.4 is 10.6 Å². The Labute approximate surface area is 122 Å². The van der Waals surface area contributed by atoms with Crippen LogP contribution >= 0.6 is 0 Å². The van der Waals surface area contributed by atoms with Crippen LogP contribution in [0.2, 0.25) is 0 Å². The summed E-state index contributed by atoms with van der Waals surface area (Å²) in [6.45, 7) is 6.01. The molecular weight excluding hydrogens is 248 g/mol. The third-order valence-electron chi connectivity index (χ3n) is 6.43. The average molecular weight is 276 g/mol. The fourth-order valence-corrected chi connectivity index (χ4v) is 6.81. The topological polar surface area (TPSA) is 41.1 Å². The largest absolute Gasteiger partial charge is 0.352 e. The van der Waals surface area contributed by atoms with E-state index in [1.54, 1.807) is 0 Å². The normalized spacial score (nSPS) is 53.4. The van der Waals surface area contributed by atoms with Gasteiger partial charge in [-0.3, -0.25) is 4.79 Å². The molecule has 5 rings (SSSR count). The van der Waals surface area contributed by atoms with Crippen molar-refractivity contribution in [3.8, 4) is 0 Å². The first-order chi connectivity index (χ1) is 9.38. The van der Waals surface area contributed by atoms with E-state index in [4.69, 9.17) is 0 Å². The summed E-state index contributed by atoms with van der Waals surface area (Å²) in [4.78, 5) is 11.3. The van der Waals surface area contributed by atoms with Crippen LogP contribution in [0.4, 0.5) is 0 Å². The minimum absolute atomic E-state index is 0.237. The van der Waals surface area contributed by atoms with E-state index in [-0.39, 0.29) is 5.91 Å². The molecule has 20 heavy (non-hydrogen) atoms. The van der Waals surface area contributed by atoms with Crippen molar-refractivity contribution in [2.75, 3.05) is 6.54 Å². The predicted molar refractivity (Wildman–Crippen MR) is 79.3 cm³/mol. The Morgan fingerprint density at radius 1 is 1.15 bits per heavy atom. The number of carbonyl (C=O) groups excluding carboxylic acids is 1. The predicted octanol–water partition coefficient (Wildman–Crippen LogP) is 2.60. The van der Waals surface area contributed by atoms with Gasteiger partial charge in [-0.15, -0.1) is 0 Å². The van der Waals surface area contributed by atoms with Gasteiger partial charge in [-0.1, -0.05) is 13.8 Å². The molecule has 4 saturated carbocycles. The highest BCUT2D eigenvalue weighted by molar-refractivity contribution is 5.78. The lowest BCUT2D eigenvalue weighted by atomic mass is 9.43. The molecule has 5 fully saturated rings. The zero-order valence-electron chi connectivity index (χ0n) is 12.9. The van der Waals surface area contributed by atoms with Crippen molar-refractivity contribution in [2.24, 2.45) is 16.7 Å². The van der Waals surface area contributed by atoms with E-state index in [1.807, 2.05) is 0 Å². The van der Waals surface area contributed by atoms with E-state index in [0.29, 0.717) is 22.4 Å². The Morgan fingerprint density at radius 2 is 1.85 bits per heavy atom. The molecule has 0 aromatic heterocycles. The summed E-state index contributed by atoms with van der Waals surface area (Å²) in [7, 11) is 0. The molecule has 112 valence electrons. The van der Waals surface area contributed by atoms with Gasteiger partial charge >= 0.3 is 0 Å². The molecule has 3 atom stereocenters. The van der Waals surface area contributed by atoms with Gasteiger partial charge in [0.15, 0.2) is 0 Å². The lowest BCUT2D eigenvalue weighted by Gasteiger charge is -2.65. The summed E-state index contributed by atoms with van der Waals surface area (Å²) >= 11 is 0. The van der Waals surface area contributed by atoms with Crippen LogP contribution in [0.3, 0.4) is 0 Å². The summed E-state index contributed by atoms with van der Waals surface area (Å²) < 4.78 is 0. The van der Waals surface area contributed by atoms with Gasteiger partial charge in [0.25, 0.3) is 0 Å². The molecule has 3 heteroatoms. The SMILES string of the molecule is CC12CC3CC(C)(C1)CC(NCC1CCC(=O)N1)(C3)C2. The van der Waals surface area contributed by atoms with Crippen LogP contribution in [-0.4, -0.2) is 24.0 Å². The van der Waals surface area contributed by atoms with Gasteiger partial charge in [0.1, 0.15) is 0 Å². The summed E-state index contributed by atoms with van der Waals surface area (Å²) in [5.74, 6) is 1.17. The quantitative estimate of drug-likeness (QED) is 0.832. The van der Waals surface area contributed by atoms with Crippen molar-refractivity contribution in [1.29, 1.82) is 0 Å². The maximum Gasteiger partial charge on any atom is 0.220 e. The molecule has 1 saturated heterocycles. The van der Waals surface area contributed by atoms with E-state index < -0.39 is 0 Å². The van der Waals surface area contributed by atoms with Crippen LogP contribution in [0.1, 0.15) is 65.2 Å². The van der Waals surface area contributed by atoms with E-state index in [0.717, 1.165) is 25.3 Å². The molecule has 3 nitrogen and oxygen atoms in total. The Bertz CT molecular complexity index is 428. The molecular formula is C17H28N2O. The van der Waals surface area contributed by atoms with E-state index in [1.165, 1.54) is 38.5 Å². The lowest BCUT2D eigenvalue weighted by molar-refractivity contribution is -0.121. The van der Waals surface area contributed by atoms with Gasteiger partial charge in [-0.2, -0.15) is 0 Å². The van der Waals surface area contributed by atoms with Crippen molar-refractivity contribution < 1.29 is 4.79 Å². The summed E-state index contributed by atoms with van der Waals surface area (Å²) in [5.41, 5.74) is 1.51. The molecule has 5 aliphatic rings. The standard InChI is InChI=1S/C17H28N2O/c1-15-5-12-6-16(2,9-15)11-17(7-12,10-15)18-8-13-3-4-14(20)19-13/h12-13,18H,3-11H2,1-2H3,(H,19,20). The molecule has 1 heterocycles. The Balaban J connectivity index is 1.48. The number of hydrogen-bond acceptors (Lipinski definition) is 2. The molecule has 3 unspecified atom stereocenters. The van der Waals surface area contributed by atoms with Crippen molar-refractivity contribution in [3.05, 3.63) is 0 Å². The maximum absolute atomic E-state index is 11.3. The molecule has 4 aliphatic carbocycles. The molecule has 0 aromatic carbocycles. The highest BCUT2D eigenvalue weighted by Crippen LogP contribution is 2.66. The zero-order valence-corrected chi connectivity index (χ0v) is 12.9. The fraction of sp³-hybridized carbons (Fsp3) is 0.941. The Kier molecular flexibility index (Phi) is 2.62. The van der Waals surface area contributed by atoms with Crippen molar-refractivity contribution in [3.63, 3.8) is 0 Å². The van der Waals surface area contributed by atoms with Crippen LogP contribution in [0.25, 0.3) is 0 Å². The lowest BCUT2D eigenvalue weighted by Crippen LogP contribution is -2.65. The highest BCUT2D eigenvalue weighted by Gasteiger charge is 2.59. The van der Waals surface area contributed by atoms with Crippen molar-refractivity contribution >= 4 is 5.91 Å². The van der Waals surface area contributed by atoms with Crippen molar-refractivity contribution in [2.45, 2.75) is 76.8 Å². The van der Waals surface area contributed by atoms with E-state index >= 15 is 0 Å². The first-order valence-electron chi connectivity index (χ1n) is 8.42. The average Bonchev–Trinajstić information content (AvgIpc) is 2.68. The van der Waals surface area contributed by atoms with Crippen LogP contribution in [-0.2, 0) is 4.79 Å². The number of amides is 1. The number of hydrogen-bond donors (Lipinski definition) is 2. The van der Waals surface area contributed by atoms with Crippen LogP contribution in [0, 0.1) is 16.7 Å². The second-order valence-corrected chi connectivity index (χ2v) is 9.09. The van der Waals surface area contributed by atoms with Gasteiger partial charge in [-0.05, 0) is 61.7 Å². The molecule has 0 spiro atoms. The number of rotatable bonds is 3. The zero-order chi connectivity index (χ0) is 14.0. The second-order valence-electron chi connectivity index (χ2n) is 9.09. The third kappa shape index (κ3) is 2.09. The number of nitrogens with one attached hydrogen (secondary N) is 2. The molecule has 1 amide bonds. The Hall–Kier alpha value is -0.570. The third-order valence-corrected chi connectivity index (χ3v) is 6.43. The first-order valence-corrected chi connectivity index (χ1v) is 8.42. The fourth-order valence-electron chi connectivity index (χ4n) is 6.81. The van der Waals surface area contributed by atoms with Gasteiger partial charge in [0.05, 0.1) is 0 Å². The Morgan fingerprint density at radius 3 is 2.40 bits per heavy atom. The van der Waals surface area contributed by atoms with Crippen LogP contribution in [0.5, 0.6) is 0 Å². The van der Waals surface area contributed by atoms with Crippen molar-refractivity contribution in [1.82, 2.24) is 10.6 Å². The number of carbonyl (C=O) groups is 1.